The van der Waals surface area contributed by atoms with Gasteiger partial charge >= 0.3 is 0 Å². The van der Waals surface area contributed by atoms with Crippen molar-refractivity contribution in [2.45, 2.75) is 44.9 Å². The molecule has 5 heteroatoms. The van der Waals surface area contributed by atoms with Gasteiger partial charge in [0.15, 0.2) is 5.82 Å². The number of aryl methyl sites for hydroxylation is 1. The number of nitrogens with zero attached hydrogens (tertiary/aromatic N) is 4. The van der Waals surface area contributed by atoms with E-state index in [9.17, 15) is 4.79 Å². The average molecular weight is 348 g/mol. The molecule has 0 aromatic carbocycles. The molecule has 0 N–H and O–H groups in total. The van der Waals surface area contributed by atoms with Gasteiger partial charge in [0, 0.05) is 48.7 Å². The van der Waals surface area contributed by atoms with Crippen molar-refractivity contribution in [3.05, 3.63) is 53.6 Å². The number of carbonyl (C=O) groups is 1. The van der Waals surface area contributed by atoms with Gasteiger partial charge in [-0.1, -0.05) is 6.08 Å². The Balaban J connectivity index is 1.57. The number of pyridine rings is 1. The maximum absolute atomic E-state index is 12.8. The van der Waals surface area contributed by atoms with Gasteiger partial charge in [-0.15, -0.1) is 0 Å². The molecule has 0 bridgehead atoms. The standard InChI is InChI=1S/C21H24N4O/c1-15-12-23-20(17-8-4-10-22-13-17)24-19(15)18-9-5-11-25(14-18)21(26)16-6-2-3-7-16/h4,6,8,10,12-13,18H,2-3,5,7,9,11,14H2,1H3/t18-/m1/s1. The van der Waals surface area contributed by atoms with Crippen LogP contribution in [0.15, 0.2) is 42.4 Å². The topological polar surface area (TPSA) is 59.0 Å². The van der Waals surface area contributed by atoms with Crippen LogP contribution in [0.1, 0.15) is 49.3 Å². The van der Waals surface area contributed by atoms with Crippen LogP contribution in [0.25, 0.3) is 11.4 Å². The number of aromatic nitrogens is 3. The third-order valence-electron chi connectivity index (χ3n) is 5.34. The highest BCUT2D eigenvalue weighted by molar-refractivity contribution is 5.93. The van der Waals surface area contributed by atoms with E-state index in [1.807, 2.05) is 23.2 Å². The van der Waals surface area contributed by atoms with Gasteiger partial charge < -0.3 is 4.90 Å². The lowest BCUT2D eigenvalue weighted by molar-refractivity contribution is -0.128. The summed E-state index contributed by atoms with van der Waals surface area (Å²) in [6.45, 7) is 3.66. The average Bonchev–Trinajstić information content (AvgIpc) is 3.23. The van der Waals surface area contributed by atoms with E-state index >= 15 is 0 Å². The van der Waals surface area contributed by atoms with Gasteiger partial charge in [0.2, 0.25) is 5.91 Å². The van der Waals surface area contributed by atoms with E-state index in [1.165, 1.54) is 0 Å². The van der Waals surface area contributed by atoms with Crippen molar-refractivity contribution in [2.75, 3.05) is 13.1 Å². The van der Waals surface area contributed by atoms with Crippen LogP contribution in [0.5, 0.6) is 0 Å². The Kier molecular flexibility index (Phi) is 4.78. The number of hydrogen-bond donors (Lipinski definition) is 0. The van der Waals surface area contributed by atoms with Crippen molar-refractivity contribution < 1.29 is 4.79 Å². The van der Waals surface area contributed by atoms with Crippen molar-refractivity contribution in [1.29, 1.82) is 0 Å². The fourth-order valence-electron chi connectivity index (χ4n) is 3.96. The number of amides is 1. The summed E-state index contributed by atoms with van der Waals surface area (Å²) in [5.41, 5.74) is 4.09. The monoisotopic (exact) mass is 348 g/mol. The summed E-state index contributed by atoms with van der Waals surface area (Å²) in [6.07, 6.45) is 12.7. The van der Waals surface area contributed by atoms with Gasteiger partial charge in [0.25, 0.3) is 0 Å². The molecule has 2 aromatic heterocycles. The minimum atomic E-state index is 0.228. The molecule has 1 atom stereocenters. The number of rotatable bonds is 3. The van der Waals surface area contributed by atoms with Crippen LogP contribution in [-0.2, 0) is 4.79 Å². The van der Waals surface area contributed by atoms with Gasteiger partial charge in [0.1, 0.15) is 0 Å². The lowest BCUT2D eigenvalue weighted by Crippen LogP contribution is -2.40. The molecule has 134 valence electrons. The molecule has 2 aromatic rings. The zero-order valence-corrected chi connectivity index (χ0v) is 15.2. The normalized spacial score (nSPS) is 20.1. The summed E-state index contributed by atoms with van der Waals surface area (Å²) in [7, 11) is 0. The Hall–Kier alpha value is -2.56. The molecule has 0 spiro atoms. The molecule has 1 saturated heterocycles. The van der Waals surface area contributed by atoms with Gasteiger partial charge in [-0.3, -0.25) is 9.78 Å². The summed E-state index contributed by atoms with van der Waals surface area (Å²) in [5, 5.41) is 0. The molecule has 1 fully saturated rings. The molecule has 1 amide bonds. The molecule has 1 aliphatic heterocycles. The summed E-state index contributed by atoms with van der Waals surface area (Å²) >= 11 is 0. The zero-order chi connectivity index (χ0) is 17.9. The highest BCUT2D eigenvalue weighted by atomic mass is 16.2. The van der Waals surface area contributed by atoms with Crippen molar-refractivity contribution in [3.63, 3.8) is 0 Å². The Bertz CT molecular complexity index is 831. The highest BCUT2D eigenvalue weighted by Gasteiger charge is 2.29. The quantitative estimate of drug-likeness (QED) is 0.849. The van der Waals surface area contributed by atoms with E-state index in [0.29, 0.717) is 5.82 Å². The molecule has 3 heterocycles. The Morgan fingerprint density at radius 3 is 2.96 bits per heavy atom. The number of allylic oxidation sites excluding steroid dienone is 1. The highest BCUT2D eigenvalue weighted by Crippen LogP contribution is 2.30. The third-order valence-corrected chi connectivity index (χ3v) is 5.34. The van der Waals surface area contributed by atoms with E-state index in [4.69, 9.17) is 4.98 Å². The van der Waals surface area contributed by atoms with Gasteiger partial charge in [-0.05, 0) is 56.7 Å². The minimum absolute atomic E-state index is 0.228. The number of carbonyl (C=O) groups excluding carboxylic acids is 1. The van der Waals surface area contributed by atoms with E-state index in [0.717, 1.165) is 67.6 Å². The second-order valence-corrected chi connectivity index (χ2v) is 7.22. The predicted octanol–water partition coefficient (Wildman–Crippen LogP) is 3.66. The van der Waals surface area contributed by atoms with Crippen LogP contribution < -0.4 is 0 Å². The van der Waals surface area contributed by atoms with Crippen LogP contribution in [-0.4, -0.2) is 38.8 Å². The van der Waals surface area contributed by atoms with Crippen LogP contribution in [0.3, 0.4) is 0 Å². The van der Waals surface area contributed by atoms with E-state index in [2.05, 4.69) is 23.0 Å². The van der Waals surface area contributed by atoms with E-state index in [1.54, 1.807) is 12.4 Å². The maximum atomic E-state index is 12.8. The first-order chi connectivity index (χ1) is 12.7. The molecule has 5 nitrogen and oxygen atoms in total. The molecule has 0 saturated carbocycles. The first kappa shape index (κ1) is 16.9. The first-order valence-electron chi connectivity index (χ1n) is 9.44. The largest absolute Gasteiger partial charge is 0.338 e. The van der Waals surface area contributed by atoms with Crippen molar-refractivity contribution in [2.24, 2.45) is 0 Å². The molecular weight excluding hydrogens is 324 g/mol. The SMILES string of the molecule is Cc1cnc(-c2cccnc2)nc1[C@@H]1CCCN(C(=O)C2=CCCC2)C1. The van der Waals surface area contributed by atoms with Gasteiger partial charge in [-0.2, -0.15) is 0 Å². The van der Waals surface area contributed by atoms with Crippen molar-refractivity contribution in [1.82, 2.24) is 19.9 Å². The van der Waals surface area contributed by atoms with Crippen LogP contribution in [0, 0.1) is 6.92 Å². The third kappa shape index (κ3) is 3.39. The Morgan fingerprint density at radius 2 is 2.19 bits per heavy atom. The summed E-state index contributed by atoms with van der Waals surface area (Å²) < 4.78 is 0. The molecule has 0 unspecified atom stereocenters. The molecule has 26 heavy (non-hydrogen) atoms. The fraction of sp³-hybridized carbons (Fsp3) is 0.429. The zero-order valence-electron chi connectivity index (χ0n) is 15.2. The predicted molar refractivity (Wildman–Crippen MR) is 100 cm³/mol. The fourth-order valence-corrected chi connectivity index (χ4v) is 3.96. The second kappa shape index (κ2) is 7.36. The minimum Gasteiger partial charge on any atom is -0.338 e. The first-order valence-corrected chi connectivity index (χ1v) is 9.44. The number of likely N-dealkylation sites (tertiary alicyclic amines) is 1. The second-order valence-electron chi connectivity index (χ2n) is 7.22. The molecule has 0 radical (unpaired) electrons. The molecule has 1 aliphatic carbocycles. The van der Waals surface area contributed by atoms with Gasteiger partial charge in [0.05, 0.1) is 5.69 Å². The lowest BCUT2D eigenvalue weighted by Gasteiger charge is -2.33. The molecular formula is C21H24N4O. The van der Waals surface area contributed by atoms with E-state index in [-0.39, 0.29) is 11.8 Å². The summed E-state index contributed by atoms with van der Waals surface area (Å²) in [6, 6.07) is 3.87. The number of hydrogen-bond acceptors (Lipinski definition) is 4. The molecule has 2 aliphatic rings. The van der Waals surface area contributed by atoms with Crippen molar-refractivity contribution >= 4 is 5.91 Å². The Morgan fingerprint density at radius 1 is 1.27 bits per heavy atom. The van der Waals surface area contributed by atoms with Crippen LogP contribution >= 0.6 is 0 Å². The Labute approximate surface area is 154 Å². The summed E-state index contributed by atoms with van der Waals surface area (Å²) in [4.78, 5) is 28.3. The van der Waals surface area contributed by atoms with E-state index < -0.39 is 0 Å². The van der Waals surface area contributed by atoms with Crippen LogP contribution in [0.2, 0.25) is 0 Å². The lowest BCUT2D eigenvalue weighted by atomic mass is 9.91. The van der Waals surface area contributed by atoms with Gasteiger partial charge in [-0.25, -0.2) is 9.97 Å². The summed E-state index contributed by atoms with van der Waals surface area (Å²) in [5.74, 6) is 1.21. The smallest absolute Gasteiger partial charge is 0.249 e. The molecule has 4 rings (SSSR count). The number of piperidine rings is 1. The van der Waals surface area contributed by atoms with Crippen molar-refractivity contribution in [3.8, 4) is 11.4 Å². The van der Waals surface area contributed by atoms with Crippen LogP contribution in [0.4, 0.5) is 0 Å². The maximum Gasteiger partial charge on any atom is 0.249 e.